The zero-order chi connectivity index (χ0) is 28.6. The number of nitrogens with zero attached hydrogens (tertiary/aromatic N) is 2. The number of amides is 2. The molecule has 0 spiro atoms. The van der Waals surface area contributed by atoms with E-state index in [0.717, 1.165) is 16.1 Å². The van der Waals surface area contributed by atoms with Gasteiger partial charge in [-0.2, -0.15) is 0 Å². The molecule has 0 aliphatic carbocycles. The van der Waals surface area contributed by atoms with E-state index in [1.165, 1.54) is 53.4 Å². The lowest BCUT2D eigenvalue weighted by atomic mass is 10.0. The molecular weight excluding hydrogens is 541 g/mol. The number of nitrogens with one attached hydrogen (secondary N) is 1. The third-order valence-electron chi connectivity index (χ3n) is 6.33. The summed E-state index contributed by atoms with van der Waals surface area (Å²) in [5.41, 5.74) is 1.69. The van der Waals surface area contributed by atoms with Crippen molar-refractivity contribution in [3.63, 3.8) is 0 Å². The van der Waals surface area contributed by atoms with Crippen molar-refractivity contribution >= 4 is 39.1 Å². The summed E-state index contributed by atoms with van der Waals surface area (Å²) in [6, 6.07) is 19.9. The molecule has 0 saturated heterocycles. The van der Waals surface area contributed by atoms with Gasteiger partial charge in [-0.25, -0.2) is 12.8 Å². The van der Waals surface area contributed by atoms with E-state index >= 15 is 0 Å². The highest BCUT2D eigenvalue weighted by Crippen LogP contribution is 2.22. The van der Waals surface area contributed by atoms with Crippen molar-refractivity contribution < 1.29 is 22.4 Å². The van der Waals surface area contributed by atoms with E-state index in [-0.39, 0.29) is 30.6 Å². The van der Waals surface area contributed by atoms with Gasteiger partial charge < -0.3 is 10.2 Å². The minimum absolute atomic E-state index is 0.0250. The van der Waals surface area contributed by atoms with Crippen LogP contribution >= 0.6 is 11.6 Å². The average Bonchev–Trinajstić information content (AvgIpc) is 2.90. The normalized spacial score (nSPS) is 12.8. The maximum atomic E-state index is 13.9. The van der Waals surface area contributed by atoms with Crippen molar-refractivity contribution in [2.45, 2.75) is 45.3 Å². The average molecular weight is 574 g/mol. The summed E-state index contributed by atoms with van der Waals surface area (Å²) in [5, 5.41) is 3.38. The van der Waals surface area contributed by atoms with E-state index in [2.05, 4.69) is 5.32 Å². The third-order valence-corrected chi connectivity index (χ3v) is 7.72. The lowest BCUT2D eigenvalue weighted by molar-refractivity contribution is -0.140. The Morgan fingerprint density at radius 2 is 1.56 bits per heavy atom. The van der Waals surface area contributed by atoms with Crippen LogP contribution in [0.1, 0.15) is 31.4 Å². The number of carbonyl (C=O) groups excluding carboxylic acids is 2. The molecule has 2 amide bonds. The number of hydrogen-bond acceptors (Lipinski definition) is 4. The first-order chi connectivity index (χ1) is 18.5. The van der Waals surface area contributed by atoms with E-state index in [1.54, 1.807) is 0 Å². The molecule has 0 bridgehead atoms. The van der Waals surface area contributed by atoms with E-state index in [0.29, 0.717) is 17.0 Å². The Kier molecular flexibility index (Phi) is 10.5. The maximum absolute atomic E-state index is 13.9. The second-order valence-electron chi connectivity index (χ2n) is 9.42. The number of hydrogen-bond donors (Lipinski definition) is 1. The molecule has 3 aromatic carbocycles. The van der Waals surface area contributed by atoms with E-state index in [9.17, 15) is 22.4 Å². The van der Waals surface area contributed by atoms with E-state index in [1.807, 2.05) is 44.2 Å². The first-order valence-corrected chi connectivity index (χ1v) is 14.8. The van der Waals surface area contributed by atoms with Crippen molar-refractivity contribution in [2.75, 3.05) is 17.1 Å². The summed E-state index contributed by atoms with van der Waals surface area (Å²) in [4.78, 5) is 28.9. The summed E-state index contributed by atoms with van der Waals surface area (Å²) in [6.45, 7) is 3.25. The lowest BCUT2D eigenvalue weighted by Gasteiger charge is -2.34. The van der Waals surface area contributed by atoms with E-state index in [4.69, 9.17) is 11.6 Å². The van der Waals surface area contributed by atoms with Gasteiger partial charge in [0.15, 0.2) is 0 Å². The van der Waals surface area contributed by atoms with Crippen LogP contribution in [-0.4, -0.2) is 50.0 Å². The monoisotopic (exact) mass is 573 g/mol. The molecule has 39 heavy (non-hydrogen) atoms. The number of benzene rings is 3. The quantitative estimate of drug-likeness (QED) is 0.337. The van der Waals surface area contributed by atoms with Crippen LogP contribution in [0.15, 0.2) is 78.9 Å². The zero-order valence-corrected chi connectivity index (χ0v) is 23.8. The SMILES string of the molecule is CC[C@H](C)NC(=O)[C@@H](Cc1ccccc1)N(Cc1ccc(F)cc1)C(=O)CN(c1ccc(Cl)cc1)S(C)(=O)=O. The van der Waals surface area contributed by atoms with Crippen molar-refractivity contribution in [3.8, 4) is 0 Å². The Balaban J connectivity index is 2.04. The third kappa shape index (κ3) is 8.80. The van der Waals surface area contributed by atoms with Gasteiger partial charge in [-0.05, 0) is 60.9 Å². The molecule has 7 nitrogen and oxygen atoms in total. The summed E-state index contributed by atoms with van der Waals surface area (Å²) in [7, 11) is -3.87. The highest BCUT2D eigenvalue weighted by atomic mass is 35.5. The summed E-state index contributed by atoms with van der Waals surface area (Å²) in [6.07, 6.45) is 1.90. The smallest absolute Gasteiger partial charge is 0.244 e. The highest BCUT2D eigenvalue weighted by Gasteiger charge is 2.33. The van der Waals surface area contributed by atoms with Crippen molar-refractivity contribution in [2.24, 2.45) is 0 Å². The van der Waals surface area contributed by atoms with Gasteiger partial charge in [-0.1, -0.05) is 61.0 Å². The van der Waals surface area contributed by atoms with Crippen LogP contribution in [0.2, 0.25) is 5.02 Å². The molecule has 10 heteroatoms. The molecule has 1 N–H and O–H groups in total. The first kappa shape index (κ1) is 30.1. The molecular formula is C29H33ClFN3O4S. The zero-order valence-electron chi connectivity index (χ0n) is 22.2. The van der Waals surface area contributed by atoms with Crippen molar-refractivity contribution in [3.05, 3.63) is 101 Å². The summed E-state index contributed by atoms with van der Waals surface area (Å²) in [5.74, 6) is -1.38. The lowest BCUT2D eigenvalue weighted by Crippen LogP contribution is -2.54. The Morgan fingerprint density at radius 1 is 0.949 bits per heavy atom. The number of halogens is 2. The molecule has 0 aliphatic rings. The molecule has 0 aliphatic heterocycles. The van der Waals surface area contributed by atoms with Crippen molar-refractivity contribution in [1.29, 1.82) is 0 Å². The predicted octanol–water partition coefficient (Wildman–Crippen LogP) is 4.80. The fraction of sp³-hybridized carbons (Fsp3) is 0.310. The second kappa shape index (κ2) is 13.6. The Labute approximate surface area is 234 Å². The standard InChI is InChI=1S/C29H33ClFN3O4S/c1-4-21(2)32-29(36)27(18-22-8-6-5-7-9-22)33(19-23-10-14-25(31)15-11-23)28(35)20-34(39(3,37)38)26-16-12-24(30)13-17-26/h5-17,21,27H,4,18-20H2,1-3H3,(H,32,36)/t21-,27+/m0/s1. The molecule has 3 rings (SSSR count). The number of carbonyl (C=O) groups is 2. The van der Waals surface area contributed by atoms with Gasteiger partial charge in [0.25, 0.3) is 0 Å². The van der Waals surface area contributed by atoms with E-state index < -0.39 is 34.3 Å². The fourth-order valence-electron chi connectivity index (χ4n) is 4.00. The highest BCUT2D eigenvalue weighted by molar-refractivity contribution is 7.92. The van der Waals surface area contributed by atoms with Gasteiger partial charge in [-0.3, -0.25) is 13.9 Å². The minimum Gasteiger partial charge on any atom is -0.352 e. The predicted molar refractivity (Wildman–Crippen MR) is 152 cm³/mol. The minimum atomic E-state index is -3.87. The van der Waals surface area contributed by atoms with Crippen LogP contribution < -0.4 is 9.62 Å². The van der Waals surface area contributed by atoms with Crippen molar-refractivity contribution in [1.82, 2.24) is 10.2 Å². The Morgan fingerprint density at radius 3 is 2.13 bits per heavy atom. The molecule has 2 atom stereocenters. The molecule has 0 radical (unpaired) electrons. The molecule has 0 saturated carbocycles. The Bertz CT molecular complexity index is 1350. The second-order valence-corrected chi connectivity index (χ2v) is 11.8. The first-order valence-electron chi connectivity index (χ1n) is 12.6. The molecule has 0 heterocycles. The Hall–Kier alpha value is -3.43. The molecule has 0 unspecified atom stereocenters. The summed E-state index contributed by atoms with van der Waals surface area (Å²) >= 11 is 5.98. The number of sulfonamides is 1. The van der Waals surface area contributed by atoms with Gasteiger partial charge in [0, 0.05) is 24.0 Å². The molecule has 0 fully saturated rings. The largest absolute Gasteiger partial charge is 0.352 e. The molecule has 0 aromatic heterocycles. The number of rotatable bonds is 12. The van der Waals surface area contributed by atoms with Gasteiger partial charge in [0.05, 0.1) is 11.9 Å². The van der Waals surface area contributed by atoms with Gasteiger partial charge >= 0.3 is 0 Å². The van der Waals surface area contributed by atoms with Gasteiger partial charge in [-0.15, -0.1) is 0 Å². The molecule has 3 aromatic rings. The summed E-state index contributed by atoms with van der Waals surface area (Å²) < 4.78 is 40.1. The van der Waals surface area contributed by atoms with Gasteiger partial charge in [0.1, 0.15) is 18.4 Å². The van der Waals surface area contributed by atoms with Crippen LogP contribution in [-0.2, 0) is 32.6 Å². The molecule has 208 valence electrons. The van der Waals surface area contributed by atoms with Crippen LogP contribution in [0.4, 0.5) is 10.1 Å². The number of anilines is 1. The van der Waals surface area contributed by atoms with Crippen LogP contribution in [0.5, 0.6) is 0 Å². The van der Waals surface area contributed by atoms with Crippen LogP contribution in [0, 0.1) is 5.82 Å². The van der Waals surface area contributed by atoms with Crippen LogP contribution in [0.3, 0.4) is 0 Å². The van der Waals surface area contributed by atoms with Gasteiger partial charge in [0.2, 0.25) is 21.8 Å². The fourth-order valence-corrected chi connectivity index (χ4v) is 4.98. The topological polar surface area (TPSA) is 86.8 Å². The van der Waals surface area contributed by atoms with Crippen LogP contribution in [0.25, 0.3) is 0 Å². The maximum Gasteiger partial charge on any atom is 0.244 e.